The Labute approximate surface area is 139 Å². The van der Waals surface area contributed by atoms with Gasteiger partial charge in [0.25, 0.3) is 0 Å². The van der Waals surface area contributed by atoms with Gasteiger partial charge in [-0.2, -0.15) is 5.10 Å². The van der Waals surface area contributed by atoms with E-state index in [2.05, 4.69) is 15.4 Å². The molecule has 8 nitrogen and oxygen atoms in total. The van der Waals surface area contributed by atoms with Gasteiger partial charge in [0.1, 0.15) is 5.82 Å². The van der Waals surface area contributed by atoms with E-state index in [1.165, 1.54) is 6.07 Å². The molecule has 3 heterocycles. The summed E-state index contributed by atoms with van der Waals surface area (Å²) >= 11 is 0. The Morgan fingerprint density at radius 3 is 2.75 bits per heavy atom. The Kier molecular flexibility index (Phi) is 3.96. The van der Waals surface area contributed by atoms with Crippen molar-refractivity contribution < 1.29 is 14.7 Å². The number of pyridine rings is 1. The van der Waals surface area contributed by atoms with Crippen LogP contribution in [0.25, 0.3) is 0 Å². The number of anilines is 1. The predicted molar refractivity (Wildman–Crippen MR) is 86.7 cm³/mol. The van der Waals surface area contributed by atoms with E-state index in [1.807, 2.05) is 14.0 Å². The molecule has 0 spiro atoms. The Hall–Kier alpha value is -2.90. The molecule has 1 fully saturated rings. The van der Waals surface area contributed by atoms with Gasteiger partial charge in [-0.1, -0.05) is 6.07 Å². The molecule has 24 heavy (non-hydrogen) atoms. The summed E-state index contributed by atoms with van der Waals surface area (Å²) in [7, 11) is 3.62. The minimum atomic E-state index is -1.09. The van der Waals surface area contributed by atoms with Crippen LogP contribution in [0, 0.1) is 6.92 Å². The first kappa shape index (κ1) is 16.0. The average Bonchev–Trinajstić information content (AvgIpc) is 3.00. The van der Waals surface area contributed by atoms with Crippen LogP contribution >= 0.6 is 0 Å². The molecule has 1 aliphatic heterocycles. The molecule has 0 aromatic carbocycles. The summed E-state index contributed by atoms with van der Waals surface area (Å²) < 4.78 is 1.77. The van der Waals surface area contributed by atoms with Gasteiger partial charge in [0.2, 0.25) is 5.91 Å². The van der Waals surface area contributed by atoms with Gasteiger partial charge in [0, 0.05) is 31.8 Å². The fraction of sp³-hybridized carbons (Fsp3) is 0.375. The number of amides is 1. The highest BCUT2D eigenvalue weighted by Crippen LogP contribution is 2.35. The van der Waals surface area contributed by atoms with Crippen molar-refractivity contribution in [3.8, 4) is 0 Å². The Morgan fingerprint density at radius 2 is 2.12 bits per heavy atom. The lowest BCUT2D eigenvalue weighted by atomic mass is 10.0. The van der Waals surface area contributed by atoms with Gasteiger partial charge in [-0.3, -0.25) is 9.48 Å². The van der Waals surface area contributed by atoms with Gasteiger partial charge in [-0.05, 0) is 19.1 Å². The molecule has 0 saturated carbocycles. The van der Waals surface area contributed by atoms with Gasteiger partial charge in [-0.25, -0.2) is 9.78 Å². The molecule has 1 aliphatic rings. The second-order valence-electron chi connectivity index (χ2n) is 5.93. The van der Waals surface area contributed by atoms with Gasteiger partial charge in [0.15, 0.2) is 5.69 Å². The zero-order valence-corrected chi connectivity index (χ0v) is 13.7. The largest absolute Gasteiger partial charge is 0.477 e. The predicted octanol–water partition coefficient (Wildman–Crippen LogP) is 1.21. The number of likely N-dealkylation sites (N-methyl/N-ethyl adjacent to an activating group) is 1. The number of carbonyl (C=O) groups is 2. The molecule has 0 radical (unpaired) electrons. The molecule has 1 saturated heterocycles. The second-order valence-corrected chi connectivity index (χ2v) is 5.93. The number of nitrogens with zero attached hydrogens (tertiary/aromatic N) is 4. The zero-order chi connectivity index (χ0) is 17.4. The molecule has 126 valence electrons. The summed E-state index contributed by atoms with van der Waals surface area (Å²) in [6.07, 6.45) is 2.08. The van der Waals surface area contributed by atoms with E-state index in [0.717, 1.165) is 11.3 Å². The topological polar surface area (TPSA) is 100 Å². The summed E-state index contributed by atoms with van der Waals surface area (Å²) in [5.74, 6) is -0.623. The third-order valence-corrected chi connectivity index (χ3v) is 4.48. The molecule has 2 aromatic rings. The van der Waals surface area contributed by atoms with Crippen molar-refractivity contribution in [1.82, 2.24) is 19.7 Å². The Morgan fingerprint density at radius 1 is 1.38 bits per heavy atom. The number of aryl methyl sites for hydroxylation is 1. The molecule has 2 N–H and O–H groups in total. The van der Waals surface area contributed by atoms with Crippen molar-refractivity contribution in [2.75, 3.05) is 12.4 Å². The number of nitrogens with one attached hydrogen (secondary N) is 1. The van der Waals surface area contributed by atoms with Gasteiger partial charge < -0.3 is 15.3 Å². The maximum atomic E-state index is 12.2. The summed E-state index contributed by atoms with van der Waals surface area (Å²) in [6, 6.07) is 4.37. The monoisotopic (exact) mass is 329 g/mol. The smallest absolute Gasteiger partial charge is 0.354 e. The minimum Gasteiger partial charge on any atom is -0.477 e. The summed E-state index contributed by atoms with van der Waals surface area (Å²) in [6.45, 7) is 1.96. The van der Waals surface area contributed by atoms with E-state index in [-0.39, 0.29) is 23.7 Å². The van der Waals surface area contributed by atoms with Crippen LogP contribution in [0.3, 0.4) is 0 Å². The second kappa shape index (κ2) is 5.95. The fourth-order valence-electron chi connectivity index (χ4n) is 3.05. The molecule has 0 unspecified atom stereocenters. The standard InChI is InChI=1S/C16H19N5O3/c1-9-10(8-17-21(9)3)15-12(7-14(22)20(15)2)19-13-6-4-5-11(18-13)16(23)24/h4-6,8,12,15H,7H2,1-3H3,(H,18,19)(H,23,24)/t12-,15+/m1/s1. The fourth-order valence-corrected chi connectivity index (χ4v) is 3.05. The number of carboxylic acid groups (broad SMARTS) is 1. The van der Waals surface area contributed by atoms with Crippen molar-refractivity contribution in [1.29, 1.82) is 0 Å². The Bertz CT molecular complexity index is 801. The van der Waals surface area contributed by atoms with Gasteiger partial charge in [0.05, 0.1) is 18.3 Å². The van der Waals surface area contributed by atoms with Crippen LogP contribution in [0.15, 0.2) is 24.4 Å². The molecule has 0 bridgehead atoms. The number of likely N-dealkylation sites (tertiary alicyclic amines) is 1. The number of carboxylic acids is 1. The van der Waals surface area contributed by atoms with Crippen LogP contribution in [0.1, 0.15) is 34.2 Å². The van der Waals surface area contributed by atoms with Crippen molar-refractivity contribution >= 4 is 17.7 Å². The number of aromatic nitrogens is 3. The van der Waals surface area contributed by atoms with Gasteiger partial charge >= 0.3 is 5.97 Å². The average molecular weight is 329 g/mol. The third-order valence-electron chi connectivity index (χ3n) is 4.48. The zero-order valence-electron chi connectivity index (χ0n) is 13.7. The van der Waals surface area contributed by atoms with Crippen molar-refractivity contribution in [2.45, 2.75) is 25.4 Å². The summed E-state index contributed by atoms with van der Waals surface area (Å²) in [5, 5.41) is 16.5. The van der Waals surface area contributed by atoms with Crippen LogP contribution in [-0.2, 0) is 11.8 Å². The molecule has 2 aromatic heterocycles. The lowest BCUT2D eigenvalue weighted by Gasteiger charge is -2.26. The van der Waals surface area contributed by atoms with Crippen molar-refractivity contribution in [2.24, 2.45) is 7.05 Å². The number of aromatic carboxylic acids is 1. The van der Waals surface area contributed by atoms with Crippen LogP contribution in [0.4, 0.5) is 5.82 Å². The SMILES string of the molecule is Cc1c([C@H]2[C@H](Nc3cccc(C(=O)O)n3)CC(=O)N2C)cnn1C. The number of hydrogen-bond donors (Lipinski definition) is 2. The molecule has 0 aliphatic carbocycles. The maximum absolute atomic E-state index is 12.2. The summed E-state index contributed by atoms with van der Waals surface area (Å²) in [5.41, 5.74) is 1.92. The van der Waals surface area contributed by atoms with Crippen molar-refractivity contribution in [3.63, 3.8) is 0 Å². The highest BCUT2D eigenvalue weighted by Gasteiger charge is 2.40. The van der Waals surface area contributed by atoms with Crippen LogP contribution in [0.5, 0.6) is 0 Å². The van der Waals surface area contributed by atoms with E-state index in [0.29, 0.717) is 12.2 Å². The highest BCUT2D eigenvalue weighted by atomic mass is 16.4. The van der Waals surface area contributed by atoms with E-state index >= 15 is 0 Å². The molecule has 1 amide bonds. The normalized spacial score (nSPS) is 20.5. The third kappa shape index (κ3) is 2.70. The first-order chi connectivity index (χ1) is 11.4. The molecule has 2 atom stereocenters. The molecular weight excluding hydrogens is 310 g/mol. The first-order valence-corrected chi connectivity index (χ1v) is 7.59. The number of hydrogen-bond acceptors (Lipinski definition) is 5. The van der Waals surface area contributed by atoms with Crippen molar-refractivity contribution in [3.05, 3.63) is 41.3 Å². The maximum Gasteiger partial charge on any atom is 0.354 e. The van der Waals surface area contributed by atoms with Crippen LogP contribution in [0.2, 0.25) is 0 Å². The Balaban J connectivity index is 1.91. The minimum absolute atomic E-state index is 0.0233. The van der Waals surface area contributed by atoms with Crippen LogP contribution in [-0.4, -0.2) is 49.7 Å². The molecule has 8 heteroatoms. The highest BCUT2D eigenvalue weighted by molar-refractivity contribution is 5.86. The number of carbonyl (C=O) groups excluding carboxylic acids is 1. The lowest BCUT2D eigenvalue weighted by Crippen LogP contribution is -2.30. The van der Waals surface area contributed by atoms with E-state index < -0.39 is 5.97 Å². The first-order valence-electron chi connectivity index (χ1n) is 7.59. The molecule has 3 rings (SSSR count). The number of rotatable bonds is 4. The lowest BCUT2D eigenvalue weighted by molar-refractivity contribution is -0.127. The van der Waals surface area contributed by atoms with Crippen LogP contribution < -0.4 is 5.32 Å². The van der Waals surface area contributed by atoms with E-state index in [9.17, 15) is 9.59 Å². The quantitative estimate of drug-likeness (QED) is 0.874. The summed E-state index contributed by atoms with van der Waals surface area (Å²) in [4.78, 5) is 29.0. The molecular formula is C16H19N5O3. The van der Waals surface area contributed by atoms with Gasteiger partial charge in [-0.15, -0.1) is 0 Å². The van der Waals surface area contributed by atoms with E-state index in [4.69, 9.17) is 5.11 Å². The van der Waals surface area contributed by atoms with E-state index in [1.54, 1.807) is 35.0 Å².